The highest BCUT2D eigenvalue weighted by Gasteiger charge is 2.38. The molecule has 1 aliphatic rings. The Labute approximate surface area is 41.2 Å². The van der Waals surface area contributed by atoms with Crippen LogP contribution in [0.2, 0.25) is 0 Å². The molecular weight excluding hydrogens is 96.0 g/mol. The molecule has 1 unspecified atom stereocenters. The third-order valence-corrected chi connectivity index (χ3v) is 0.676. The normalized spacial score (nSPS) is 27.0. The maximum atomic E-state index is 9.93. The van der Waals surface area contributed by atoms with Gasteiger partial charge in [0.1, 0.15) is 0 Å². The van der Waals surface area contributed by atoms with Crippen LogP contribution in [-0.2, 0) is 14.3 Å². The van der Waals surface area contributed by atoms with Gasteiger partial charge in [-0.2, -0.15) is 0 Å². The molecule has 0 radical (unpaired) electrons. The molecule has 3 heteroatoms. The minimum absolute atomic E-state index is 0.248. The molecule has 0 saturated carbocycles. The van der Waals surface area contributed by atoms with E-state index in [1.54, 1.807) is 0 Å². The number of epoxide rings is 1. The summed E-state index contributed by atoms with van der Waals surface area (Å²) in [6, 6.07) is 0. The topological polar surface area (TPSA) is 38.8 Å². The second-order valence-corrected chi connectivity index (χ2v) is 1.22. The van der Waals surface area contributed by atoms with Crippen molar-refractivity contribution in [2.75, 3.05) is 6.61 Å². The number of carbonyl (C=O) groups excluding carboxylic acids is 1. The van der Waals surface area contributed by atoms with Gasteiger partial charge in [-0.25, -0.2) is 4.79 Å². The number of cyclic esters (lactones) is 1. The van der Waals surface area contributed by atoms with Crippen molar-refractivity contribution in [2.24, 2.45) is 0 Å². The Hall–Kier alpha value is -0.570. The van der Waals surface area contributed by atoms with E-state index in [2.05, 4.69) is 4.74 Å². The third-order valence-electron chi connectivity index (χ3n) is 0.676. The van der Waals surface area contributed by atoms with Crippen LogP contribution in [0.4, 0.5) is 0 Å². The van der Waals surface area contributed by atoms with Crippen LogP contribution in [0.15, 0.2) is 0 Å². The molecule has 0 aromatic heterocycles. The molecule has 1 fully saturated rings. The molecule has 1 aliphatic heterocycles. The monoisotopic (exact) mass is 102 g/mol. The van der Waals surface area contributed by atoms with E-state index in [9.17, 15) is 4.79 Å². The van der Waals surface area contributed by atoms with Gasteiger partial charge in [0.05, 0.1) is 0 Å². The Morgan fingerprint density at radius 2 is 2.57 bits per heavy atom. The first-order valence-electron chi connectivity index (χ1n) is 2.16. The SMILES string of the molecule is CCOC1OC1=O. The van der Waals surface area contributed by atoms with Gasteiger partial charge < -0.3 is 9.47 Å². The predicted molar refractivity (Wildman–Crippen MR) is 21.5 cm³/mol. The molecule has 1 atom stereocenters. The lowest BCUT2D eigenvalue weighted by atomic mass is 10.8. The van der Waals surface area contributed by atoms with Crippen molar-refractivity contribution in [1.82, 2.24) is 0 Å². The van der Waals surface area contributed by atoms with Crippen LogP contribution in [0.1, 0.15) is 6.92 Å². The first-order chi connectivity index (χ1) is 3.34. The summed E-state index contributed by atoms with van der Waals surface area (Å²) < 4.78 is 8.99. The maximum Gasteiger partial charge on any atom is 0.379 e. The number of carbonyl (C=O) groups is 1. The lowest BCUT2D eigenvalue weighted by molar-refractivity contribution is -0.117. The van der Waals surface area contributed by atoms with E-state index in [-0.39, 0.29) is 5.97 Å². The number of ether oxygens (including phenoxy) is 2. The lowest BCUT2D eigenvalue weighted by Gasteiger charge is -1.83. The van der Waals surface area contributed by atoms with Crippen LogP contribution in [-0.4, -0.2) is 18.9 Å². The van der Waals surface area contributed by atoms with Crippen molar-refractivity contribution in [3.8, 4) is 0 Å². The van der Waals surface area contributed by atoms with Gasteiger partial charge in [0.25, 0.3) is 0 Å². The van der Waals surface area contributed by atoms with Gasteiger partial charge in [0, 0.05) is 6.61 Å². The third kappa shape index (κ3) is 0.899. The van der Waals surface area contributed by atoms with Crippen molar-refractivity contribution in [3.05, 3.63) is 0 Å². The summed E-state index contributed by atoms with van der Waals surface area (Å²) in [5.74, 6) is -0.248. The van der Waals surface area contributed by atoms with Crippen LogP contribution in [0, 0.1) is 0 Å². The zero-order valence-corrected chi connectivity index (χ0v) is 4.01. The van der Waals surface area contributed by atoms with E-state index >= 15 is 0 Å². The van der Waals surface area contributed by atoms with Gasteiger partial charge in [-0.05, 0) is 6.92 Å². The molecule has 0 spiro atoms. The first kappa shape index (κ1) is 4.59. The molecule has 0 amide bonds. The highest BCUT2D eigenvalue weighted by Crippen LogP contribution is 2.11. The Bertz CT molecular complexity index is 88.9. The van der Waals surface area contributed by atoms with E-state index in [4.69, 9.17) is 4.74 Å². The minimum atomic E-state index is -0.523. The van der Waals surface area contributed by atoms with Crippen molar-refractivity contribution < 1.29 is 14.3 Å². The summed E-state index contributed by atoms with van der Waals surface area (Å²) in [5.41, 5.74) is 0. The summed E-state index contributed by atoms with van der Waals surface area (Å²) >= 11 is 0. The molecule has 40 valence electrons. The molecule has 1 rings (SSSR count). The van der Waals surface area contributed by atoms with Crippen molar-refractivity contribution in [3.63, 3.8) is 0 Å². The molecule has 0 aromatic carbocycles. The standard InChI is InChI=1S/C4H6O3/c1-2-6-4-3(5)7-4/h4H,2H2,1H3. The molecule has 0 aliphatic carbocycles. The Morgan fingerprint density at radius 1 is 2.00 bits per heavy atom. The molecule has 7 heavy (non-hydrogen) atoms. The zero-order chi connectivity index (χ0) is 5.28. The van der Waals surface area contributed by atoms with E-state index in [0.29, 0.717) is 6.61 Å². The van der Waals surface area contributed by atoms with Crippen LogP contribution < -0.4 is 0 Å². The molecule has 1 heterocycles. The summed E-state index contributed by atoms with van der Waals surface area (Å²) in [6.45, 7) is 2.35. The van der Waals surface area contributed by atoms with Gasteiger partial charge >= 0.3 is 12.3 Å². The van der Waals surface area contributed by atoms with Crippen LogP contribution in [0.25, 0.3) is 0 Å². The average Bonchev–Trinajstić information content (AvgIpc) is 2.22. The fraction of sp³-hybridized carbons (Fsp3) is 0.750. The summed E-state index contributed by atoms with van der Waals surface area (Å²) in [7, 11) is 0. The molecule has 1 saturated heterocycles. The quantitative estimate of drug-likeness (QED) is 0.457. The van der Waals surface area contributed by atoms with E-state index in [1.807, 2.05) is 6.92 Å². The van der Waals surface area contributed by atoms with E-state index in [1.165, 1.54) is 0 Å². The predicted octanol–water partition coefficient (Wildman–Crippen LogP) is -0.0942. The molecule has 3 nitrogen and oxygen atoms in total. The second-order valence-electron chi connectivity index (χ2n) is 1.22. The van der Waals surface area contributed by atoms with Gasteiger partial charge in [0.15, 0.2) is 0 Å². The fourth-order valence-electron chi connectivity index (χ4n) is 0.325. The van der Waals surface area contributed by atoms with Crippen molar-refractivity contribution >= 4 is 5.97 Å². The van der Waals surface area contributed by atoms with Gasteiger partial charge in [-0.3, -0.25) is 0 Å². The second kappa shape index (κ2) is 1.50. The first-order valence-corrected chi connectivity index (χ1v) is 2.16. The molecule has 0 bridgehead atoms. The minimum Gasteiger partial charge on any atom is -0.419 e. The van der Waals surface area contributed by atoms with Crippen LogP contribution in [0.3, 0.4) is 0 Å². The maximum absolute atomic E-state index is 9.93. The Morgan fingerprint density at radius 3 is 2.71 bits per heavy atom. The van der Waals surface area contributed by atoms with Crippen molar-refractivity contribution in [1.29, 1.82) is 0 Å². The van der Waals surface area contributed by atoms with Gasteiger partial charge in [-0.15, -0.1) is 0 Å². The highest BCUT2D eigenvalue weighted by atomic mass is 16.8. The number of rotatable bonds is 2. The molecule has 0 aromatic rings. The summed E-state index contributed by atoms with van der Waals surface area (Å²) in [5, 5.41) is 0. The van der Waals surface area contributed by atoms with E-state index < -0.39 is 6.29 Å². The van der Waals surface area contributed by atoms with Gasteiger partial charge in [0.2, 0.25) is 0 Å². The average molecular weight is 102 g/mol. The van der Waals surface area contributed by atoms with E-state index in [0.717, 1.165) is 0 Å². The smallest absolute Gasteiger partial charge is 0.379 e. The van der Waals surface area contributed by atoms with Crippen LogP contribution >= 0.6 is 0 Å². The Balaban J connectivity index is 2.09. The summed E-state index contributed by atoms with van der Waals surface area (Å²) in [4.78, 5) is 9.93. The summed E-state index contributed by atoms with van der Waals surface area (Å²) in [6.07, 6.45) is -0.523. The molecular formula is C4H6O3. The van der Waals surface area contributed by atoms with Crippen LogP contribution in [0.5, 0.6) is 0 Å². The van der Waals surface area contributed by atoms with Gasteiger partial charge in [-0.1, -0.05) is 0 Å². The molecule has 0 N–H and O–H groups in total. The number of hydrogen-bond acceptors (Lipinski definition) is 3. The largest absolute Gasteiger partial charge is 0.419 e. The highest BCUT2D eigenvalue weighted by molar-refractivity contribution is 5.85. The fourth-order valence-corrected chi connectivity index (χ4v) is 0.325. The van der Waals surface area contributed by atoms with Crippen molar-refractivity contribution in [2.45, 2.75) is 13.2 Å². The Kier molecular flexibility index (Phi) is 0.982. The lowest BCUT2D eigenvalue weighted by Crippen LogP contribution is -1.93. The number of hydrogen-bond donors (Lipinski definition) is 0. The zero-order valence-electron chi connectivity index (χ0n) is 4.01.